The zero-order valence-corrected chi connectivity index (χ0v) is 12.5. The number of hydrogen-bond acceptors (Lipinski definition) is 5. The predicted octanol–water partition coefficient (Wildman–Crippen LogP) is 3.30. The summed E-state index contributed by atoms with van der Waals surface area (Å²) in [6.45, 7) is 5.65. The van der Waals surface area contributed by atoms with Crippen molar-refractivity contribution in [3.05, 3.63) is 34.6 Å². The van der Waals surface area contributed by atoms with E-state index in [4.69, 9.17) is 4.52 Å². The average molecular weight is 292 g/mol. The lowest BCUT2D eigenvalue weighted by molar-refractivity contribution is 0.0696. The van der Waals surface area contributed by atoms with Crippen LogP contribution >= 0.6 is 11.8 Å². The van der Waals surface area contributed by atoms with Crippen molar-refractivity contribution in [3.8, 4) is 11.5 Å². The first-order valence-corrected chi connectivity index (χ1v) is 7.44. The molecule has 0 fully saturated rings. The molecule has 0 aliphatic rings. The SMILES string of the molecule is CCSCc1noc(-c2c(C)ccc(C)c2C(=O)O)n1. The fourth-order valence-corrected chi connectivity index (χ4v) is 2.47. The van der Waals surface area contributed by atoms with Gasteiger partial charge in [-0.15, -0.1) is 0 Å². The second-order valence-electron chi connectivity index (χ2n) is 4.41. The Labute approximate surface area is 121 Å². The molecular weight excluding hydrogens is 276 g/mol. The molecule has 0 spiro atoms. The lowest BCUT2D eigenvalue weighted by Gasteiger charge is -2.08. The molecule has 1 aromatic carbocycles. The first kappa shape index (κ1) is 14.6. The van der Waals surface area contributed by atoms with Crippen LogP contribution in [0.3, 0.4) is 0 Å². The normalized spacial score (nSPS) is 10.8. The van der Waals surface area contributed by atoms with Gasteiger partial charge >= 0.3 is 5.97 Å². The highest BCUT2D eigenvalue weighted by Gasteiger charge is 2.21. The van der Waals surface area contributed by atoms with Crippen molar-refractivity contribution in [2.24, 2.45) is 0 Å². The van der Waals surface area contributed by atoms with Crippen molar-refractivity contribution >= 4 is 17.7 Å². The van der Waals surface area contributed by atoms with Gasteiger partial charge in [0, 0.05) is 0 Å². The molecule has 1 N–H and O–H groups in total. The third-order valence-electron chi connectivity index (χ3n) is 2.95. The van der Waals surface area contributed by atoms with Gasteiger partial charge in [0.1, 0.15) is 0 Å². The number of nitrogens with zero attached hydrogens (tertiary/aromatic N) is 2. The quantitative estimate of drug-likeness (QED) is 0.911. The lowest BCUT2D eigenvalue weighted by atomic mass is 9.97. The molecule has 2 aromatic rings. The summed E-state index contributed by atoms with van der Waals surface area (Å²) in [4.78, 5) is 15.8. The summed E-state index contributed by atoms with van der Waals surface area (Å²) in [5, 5.41) is 13.3. The molecule has 6 heteroatoms. The van der Waals surface area contributed by atoms with Gasteiger partial charge in [-0.2, -0.15) is 16.7 Å². The van der Waals surface area contributed by atoms with E-state index in [0.717, 1.165) is 11.3 Å². The van der Waals surface area contributed by atoms with Gasteiger partial charge in [-0.3, -0.25) is 0 Å². The molecule has 0 atom stereocenters. The lowest BCUT2D eigenvalue weighted by Crippen LogP contribution is -2.04. The molecule has 106 valence electrons. The molecule has 0 amide bonds. The second kappa shape index (κ2) is 6.09. The molecular formula is C14H16N2O3S. The fourth-order valence-electron chi connectivity index (χ4n) is 1.97. The molecule has 5 nitrogen and oxygen atoms in total. The summed E-state index contributed by atoms with van der Waals surface area (Å²) in [7, 11) is 0. The zero-order chi connectivity index (χ0) is 14.7. The molecule has 20 heavy (non-hydrogen) atoms. The van der Waals surface area contributed by atoms with Gasteiger partial charge in [0.15, 0.2) is 5.82 Å². The zero-order valence-electron chi connectivity index (χ0n) is 11.6. The highest BCUT2D eigenvalue weighted by atomic mass is 32.2. The number of thioether (sulfide) groups is 1. The predicted molar refractivity (Wildman–Crippen MR) is 78.0 cm³/mol. The minimum atomic E-state index is -0.983. The van der Waals surface area contributed by atoms with Crippen molar-refractivity contribution in [3.63, 3.8) is 0 Å². The fraction of sp³-hybridized carbons (Fsp3) is 0.357. The maximum atomic E-state index is 11.5. The van der Waals surface area contributed by atoms with E-state index in [0.29, 0.717) is 22.7 Å². The Balaban J connectivity index is 2.49. The molecule has 1 heterocycles. The molecule has 2 rings (SSSR count). The number of carboxylic acid groups (broad SMARTS) is 1. The Morgan fingerprint density at radius 3 is 2.70 bits per heavy atom. The van der Waals surface area contributed by atoms with E-state index in [1.165, 1.54) is 0 Å². The minimum absolute atomic E-state index is 0.225. The van der Waals surface area contributed by atoms with Gasteiger partial charge in [-0.1, -0.05) is 24.2 Å². The van der Waals surface area contributed by atoms with E-state index < -0.39 is 5.97 Å². The van der Waals surface area contributed by atoms with Crippen LogP contribution < -0.4 is 0 Å². The summed E-state index contributed by atoms with van der Waals surface area (Å²) in [6.07, 6.45) is 0. The van der Waals surface area contributed by atoms with Crippen molar-refractivity contribution in [2.45, 2.75) is 26.5 Å². The van der Waals surface area contributed by atoms with Crippen LogP contribution in [0.4, 0.5) is 0 Å². The van der Waals surface area contributed by atoms with Crippen LogP contribution in [0.25, 0.3) is 11.5 Å². The van der Waals surface area contributed by atoms with Crippen molar-refractivity contribution in [2.75, 3.05) is 5.75 Å². The molecule has 0 unspecified atom stereocenters. The van der Waals surface area contributed by atoms with Crippen LogP contribution in [-0.2, 0) is 5.75 Å². The van der Waals surface area contributed by atoms with Crippen LogP contribution in [-0.4, -0.2) is 27.0 Å². The van der Waals surface area contributed by atoms with Gasteiger partial charge in [0.25, 0.3) is 5.89 Å². The Morgan fingerprint density at radius 1 is 1.35 bits per heavy atom. The first-order valence-electron chi connectivity index (χ1n) is 6.28. The number of rotatable bonds is 5. The number of aryl methyl sites for hydroxylation is 2. The van der Waals surface area contributed by atoms with E-state index in [1.807, 2.05) is 13.0 Å². The standard InChI is InChI=1S/C14H16N2O3S/c1-4-20-7-10-15-13(19-16-10)11-8(2)5-6-9(3)12(11)14(17)18/h5-6H,4,7H2,1-3H3,(H,17,18). The van der Waals surface area contributed by atoms with Gasteiger partial charge < -0.3 is 9.63 Å². The van der Waals surface area contributed by atoms with E-state index in [2.05, 4.69) is 17.1 Å². The van der Waals surface area contributed by atoms with Crippen molar-refractivity contribution in [1.82, 2.24) is 10.1 Å². The van der Waals surface area contributed by atoms with E-state index in [-0.39, 0.29) is 11.5 Å². The first-order chi connectivity index (χ1) is 9.54. The van der Waals surface area contributed by atoms with Crippen LogP contribution in [0.2, 0.25) is 0 Å². The molecule has 0 radical (unpaired) electrons. The highest BCUT2D eigenvalue weighted by Crippen LogP contribution is 2.29. The third kappa shape index (κ3) is 2.85. The Kier molecular flexibility index (Phi) is 4.44. The summed E-state index contributed by atoms with van der Waals surface area (Å²) < 4.78 is 5.24. The number of carbonyl (C=O) groups is 1. The Morgan fingerprint density at radius 2 is 2.05 bits per heavy atom. The maximum Gasteiger partial charge on any atom is 0.336 e. The minimum Gasteiger partial charge on any atom is -0.478 e. The number of carboxylic acids is 1. The summed E-state index contributed by atoms with van der Waals surface area (Å²) in [6, 6.07) is 3.65. The molecule has 0 bridgehead atoms. The number of aromatic nitrogens is 2. The van der Waals surface area contributed by atoms with E-state index in [9.17, 15) is 9.90 Å². The number of aromatic carboxylic acids is 1. The van der Waals surface area contributed by atoms with Gasteiger partial charge in [-0.05, 0) is 30.7 Å². The molecule has 1 aromatic heterocycles. The van der Waals surface area contributed by atoms with E-state index in [1.54, 1.807) is 24.8 Å². The van der Waals surface area contributed by atoms with Crippen molar-refractivity contribution in [1.29, 1.82) is 0 Å². The van der Waals surface area contributed by atoms with Gasteiger partial charge in [-0.25, -0.2) is 4.79 Å². The second-order valence-corrected chi connectivity index (χ2v) is 5.68. The van der Waals surface area contributed by atoms with Gasteiger partial charge in [0.2, 0.25) is 0 Å². The topological polar surface area (TPSA) is 76.2 Å². The van der Waals surface area contributed by atoms with Crippen LogP contribution in [0, 0.1) is 13.8 Å². The molecule has 0 aliphatic heterocycles. The monoisotopic (exact) mass is 292 g/mol. The molecule has 0 saturated carbocycles. The number of hydrogen-bond donors (Lipinski definition) is 1. The van der Waals surface area contributed by atoms with Crippen LogP contribution in [0.1, 0.15) is 34.2 Å². The van der Waals surface area contributed by atoms with E-state index >= 15 is 0 Å². The van der Waals surface area contributed by atoms with Crippen LogP contribution in [0.15, 0.2) is 16.7 Å². The number of benzene rings is 1. The summed E-state index contributed by atoms with van der Waals surface area (Å²) >= 11 is 1.69. The average Bonchev–Trinajstić information content (AvgIpc) is 2.86. The summed E-state index contributed by atoms with van der Waals surface area (Å²) in [5.41, 5.74) is 2.23. The van der Waals surface area contributed by atoms with Gasteiger partial charge in [0.05, 0.1) is 16.9 Å². The summed E-state index contributed by atoms with van der Waals surface area (Å²) in [5.74, 6) is 1.50. The third-order valence-corrected chi connectivity index (χ3v) is 3.82. The smallest absolute Gasteiger partial charge is 0.336 e. The largest absolute Gasteiger partial charge is 0.478 e. The Bertz CT molecular complexity index is 637. The maximum absolute atomic E-state index is 11.5. The van der Waals surface area contributed by atoms with Crippen LogP contribution in [0.5, 0.6) is 0 Å². The highest BCUT2D eigenvalue weighted by molar-refractivity contribution is 7.98. The molecule has 0 saturated heterocycles. The van der Waals surface area contributed by atoms with Crippen molar-refractivity contribution < 1.29 is 14.4 Å². The Hall–Kier alpha value is -1.82. The molecule has 0 aliphatic carbocycles.